The van der Waals surface area contributed by atoms with Crippen LogP contribution in [0, 0.1) is 18.3 Å². The molecule has 1 aliphatic carbocycles. The number of nitrogens with one attached hydrogen (secondary N) is 1. The molecule has 1 fully saturated rings. The first kappa shape index (κ1) is 12.1. The first-order chi connectivity index (χ1) is 7.27. The lowest BCUT2D eigenvalue weighted by atomic mass is 9.88. The molecule has 1 saturated carbocycles. The van der Waals surface area contributed by atoms with Crippen molar-refractivity contribution < 1.29 is 4.79 Å². The zero-order chi connectivity index (χ0) is 11.1. The van der Waals surface area contributed by atoms with E-state index in [-0.39, 0.29) is 17.9 Å². The highest BCUT2D eigenvalue weighted by Crippen LogP contribution is 2.23. The molecule has 0 radical (unpaired) electrons. The fraction of sp³-hybridized carbons (Fsp3) is 0.769. The smallest absolute Gasteiger partial charge is 0.224 e. The summed E-state index contributed by atoms with van der Waals surface area (Å²) in [6, 6.07) is -0.0653. The summed E-state index contributed by atoms with van der Waals surface area (Å²) in [6.45, 7) is 2.08. The maximum atomic E-state index is 11.8. The topological polar surface area (TPSA) is 29.1 Å². The van der Waals surface area contributed by atoms with Crippen molar-refractivity contribution in [3.05, 3.63) is 0 Å². The van der Waals surface area contributed by atoms with Crippen LogP contribution in [0.2, 0.25) is 0 Å². The summed E-state index contributed by atoms with van der Waals surface area (Å²) >= 11 is 0. The minimum Gasteiger partial charge on any atom is -0.342 e. The van der Waals surface area contributed by atoms with Gasteiger partial charge >= 0.3 is 0 Å². The molecule has 1 N–H and O–H groups in total. The van der Waals surface area contributed by atoms with Gasteiger partial charge in [0.15, 0.2) is 0 Å². The molecule has 0 aliphatic heterocycles. The van der Waals surface area contributed by atoms with E-state index < -0.39 is 0 Å². The minimum atomic E-state index is -0.0653. The maximum Gasteiger partial charge on any atom is 0.224 e. The molecule has 1 unspecified atom stereocenters. The fourth-order valence-corrected chi connectivity index (χ4v) is 2.14. The number of hydrogen-bond donors (Lipinski definition) is 1. The Morgan fingerprint density at radius 1 is 1.47 bits per heavy atom. The molecule has 0 bridgehead atoms. The van der Waals surface area contributed by atoms with Gasteiger partial charge < -0.3 is 5.32 Å². The predicted octanol–water partition coefficient (Wildman–Crippen LogP) is 2.48. The van der Waals surface area contributed by atoms with Crippen molar-refractivity contribution in [1.29, 1.82) is 0 Å². The molecule has 0 spiro atoms. The molecule has 1 amide bonds. The van der Waals surface area contributed by atoms with Crippen LogP contribution in [-0.2, 0) is 4.79 Å². The quantitative estimate of drug-likeness (QED) is 0.705. The number of carbonyl (C=O) groups excluding carboxylic acids is 1. The van der Waals surface area contributed by atoms with E-state index in [1.165, 1.54) is 19.3 Å². The molecule has 84 valence electrons. The molecule has 1 aliphatic rings. The van der Waals surface area contributed by atoms with Crippen molar-refractivity contribution in [2.75, 3.05) is 0 Å². The highest BCUT2D eigenvalue weighted by atomic mass is 16.1. The van der Waals surface area contributed by atoms with Gasteiger partial charge in [0.25, 0.3) is 0 Å². The van der Waals surface area contributed by atoms with E-state index in [0.29, 0.717) is 0 Å². The van der Waals surface area contributed by atoms with E-state index >= 15 is 0 Å². The second-order valence-electron chi connectivity index (χ2n) is 4.35. The van der Waals surface area contributed by atoms with Crippen LogP contribution in [0.3, 0.4) is 0 Å². The van der Waals surface area contributed by atoms with Gasteiger partial charge in [0.2, 0.25) is 5.91 Å². The molecule has 2 heteroatoms. The van der Waals surface area contributed by atoms with Crippen LogP contribution < -0.4 is 5.32 Å². The van der Waals surface area contributed by atoms with Crippen molar-refractivity contribution in [2.45, 2.75) is 57.9 Å². The van der Waals surface area contributed by atoms with Crippen molar-refractivity contribution in [3.63, 3.8) is 0 Å². The Hall–Kier alpha value is -0.970. The fourth-order valence-electron chi connectivity index (χ4n) is 2.14. The zero-order valence-corrected chi connectivity index (χ0v) is 9.59. The summed E-state index contributed by atoms with van der Waals surface area (Å²) in [6.07, 6.45) is 13.0. The van der Waals surface area contributed by atoms with E-state index in [1.807, 2.05) is 0 Å². The van der Waals surface area contributed by atoms with Gasteiger partial charge in [-0.2, -0.15) is 0 Å². The normalized spacial score (nSPS) is 19.2. The number of hydrogen-bond acceptors (Lipinski definition) is 1. The van der Waals surface area contributed by atoms with E-state index in [4.69, 9.17) is 6.42 Å². The van der Waals surface area contributed by atoms with Gasteiger partial charge in [-0.05, 0) is 19.3 Å². The maximum absolute atomic E-state index is 11.8. The Kier molecular flexibility index (Phi) is 5.25. The van der Waals surface area contributed by atoms with Crippen molar-refractivity contribution in [1.82, 2.24) is 5.32 Å². The molecule has 0 aromatic heterocycles. The molecule has 1 rings (SSSR count). The van der Waals surface area contributed by atoms with E-state index in [1.54, 1.807) is 0 Å². The Bertz CT molecular complexity index is 235. The van der Waals surface area contributed by atoms with Crippen molar-refractivity contribution in [3.8, 4) is 12.3 Å². The second kappa shape index (κ2) is 6.50. The molecule has 0 aromatic carbocycles. The van der Waals surface area contributed by atoms with E-state index in [2.05, 4.69) is 18.2 Å². The van der Waals surface area contributed by atoms with Crippen molar-refractivity contribution >= 4 is 5.91 Å². The van der Waals surface area contributed by atoms with Crippen LogP contribution in [0.5, 0.6) is 0 Å². The molecular weight excluding hydrogens is 186 g/mol. The van der Waals surface area contributed by atoms with E-state index in [0.717, 1.165) is 25.7 Å². The van der Waals surface area contributed by atoms with Crippen LogP contribution in [0.25, 0.3) is 0 Å². The van der Waals surface area contributed by atoms with Crippen LogP contribution in [0.15, 0.2) is 0 Å². The third kappa shape index (κ3) is 3.95. The summed E-state index contributed by atoms with van der Waals surface area (Å²) in [7, 11) is 0. The summed E-state index contributed by atoms with van der Waals surface area (Å²) in [5.41, 5.74) is 0. The number of rotatable bonds is 4. The number of carbonyl (C=O) groups is 1. The van der Waals surface area contributed by atoms with Crippen LogP contribution in [0.1, 0.15) is 51.9 Å². The lowest BCUT2D eigenvalue weighted by Crippen LogP contribution is -2.38. The monoisotopic (exact) mass is 207 g/mol. The zero-order valence-electron chi connectivity index (χ0n) is 9.59. The largest absolute Gasteiger partial charge is 0.342 e. The lowest BCUT2D eigenvalue weighted by molar-refractivity contribution is -0.126. The molecule has 2 nitrogen and oxygen atoms in total. The predicted molar refractivity (Wildman–Crippen MR) is 62.2 cm³/mol. The summed E-state index contributed by atoms with van der Waals surface area (Å²) in [5, 5.41) is 2.96. The molecule has 1 atom stereocenters. The summed E-state index contributed by atoms with van der Waals surface area (Å²) in [4.78, 5) is 11.8. The van der Waals surface area contributed by atoms with Crippen LogP contribution >= 0.6 is 0 Å². The standard InChI is InChI=1S/C13H21NO/c1-3-8-12(4-2)14-13(15)11-9-6-5-7-10-11/h2,11-12H,3,5-10H2,1H3,(H,14,15). The third-order valence-electron chi connectivity index (χ3n) is 3.07. The molecular formula is C13H21NO. The van der Waals surface area contributed by atoms with Gasteiger partial charge in [-0.3, -0.25) is 4.79 Å². The summed E-state index contributed by atoms with van der Waals surface area (Å²) in [5.74, 6) is 3.03. The second-order valence-corrected chi connectivity index (χ2v) is 4.35. The molecule has 15 heavy (non-hydrogen) atoms. The van der Waals surface area contributed by atoms with Gasteiger partial charge in [-0.15, -0.1) is 6.42 Å². The number of amides is 1. The SMILES string of the molecule is C#CC(CCC)NC(=O)C1CCCCC1. The molecule has 0 heterocycles. The lowest BCUT2D eigenvalue weighted by Gasteiger charge is -2.22. The molecule has 0 saturated heterocycles. The van der Waals surface area contributed by atoms with Gasteiger partial charge in [0, 0.05) is 5.92 Å². The Balaban J connectivity index is 2.36. The van der Waals surface area contributed by atoms with Gasteiger partial charge in [0.1, 0.15) is 0 Å². The van der Waals surface area contributed by atoms with Gasteiger partial charge in [0.05, 0.1) is 6.04 Å². The number of terminal acetylenes is 1. The van der Waals surface area contributed by atoms with Crippen molar-refractivity contribution in [2.24, 2.45) is 5.92 Å². The Morgan fingerprint density at radius 2 is 2.13 bits per heavy atom. The Labute approximate surface area is 92.8 Å². The van der Waals surface area contributed by atoms with Crippen LogP contribution in [-0.4, -0.2) is 11.9 Å². The Morgan fingerprint density at radius 3 is 2.67 bits per heavy atom. The van der Waals surface area contributed by atoms with Gasteiger partial charge in [-0.1, -0.05) is 38.5 Å². The van der Waals surface area contributed by atoms with E-state index in [9.17, 15) is 4.79 Å². The van der Waals surface area contributed by atoms with Crippen LogP contribution in [0.4, 0.5) is 0 Å². The average Bonchev–Trinajstić information content (AvgIpc) is 2.29. The summed E-state index contributed by atoms with van der Waals surface area (Å²) < 4.78 is 0. The van der Waals surface area contributed by atoms with Gasteiger partial charge in [-0.25, -0.2) is 0 Å². The highest BCUT2D eigenvalue weighted by Gasteiger charge is 2.22. The highest BCUT2D eigenvalue weighted by molar-refractivity contribution is 5.79. The third-order valence-corrected chi connectivity index (χ3v) is 3.07. The molecule has 0 aromatic rings. The minimum absolute atomic E-state index is 0.0653. The first-order valence-corrected chi connectivity index (χ1v) is 6.04. The first-order valence-electron chi connectivity index (χ1n) is 6.04. The average molecular weight is 207 g/mol.